The number of hydrogen-bond acceptors (Lipinski definition) is 4. The van der Waals surface area contributed by atoms with Crippen LogP contribution in [0.25, 0.3) is 0 Å². The molecule has 1 rings (SSSR count). The molecule has 0 aliphatic rings. The molecular weight excluding hydrogens is 206 g/mol. The molecule has 0 radical (unpaired) electrons. The molecule has 2 unspecified atom stereocenters. The van der Waals surface area contributed by atoms with E-state index in [1.807, 2.05) is 0 Å². The quantitative estimate of drug-likeness (QED) is 0.846. The average molecular weight is 220 g/mol. The molecule has 1 heterocycles. The van der Waals surface area contributed by atoms with Crippen molar-refractivity contribution in [2.24, 2.45) is 5.92 Å². The van der Waals surface area contributed by atoms with Crippen LogP contribution in [0.4, 0.5) is 5.82 Å². The van der Waals surface area contributed by atoms with E-state index in [0.717, 1.165) is 18.1 Å². The van der Waals surface area contributed by atoms with Gasteiger partial charge in [0.05, 0.1) is 11.7 Å². The van der Waals surface area contributed by atoms with E-state index in [4.69, 9.17) is 11.6 Å². The van der Waals surface area contributed by atoms with Crippen molar-refractivity contribution in [3.8, 4) is 0 Å². The molecule has 2 atom stereocenters. The maximum Gasteiger partial charge on any atom is 0.186 e. The summed E-state index contributed by atoms with van der Waals surface area (Å²) in [7, 11) is 0. The molecule has 0 fully saturated rings. The van der Waals surface area contributed by atoms with Gasteiger partial charge in [0.25, 0.3) is 0 Å². The smallest absolute Gasteiger partial charge is 0.186 e. The third-order valence-corrected chi connectivity index (χ3v) is 3.20. The van der Waals surface area contributed by atoms with Gasteiger partial charge in [-0.1, -0.05) is 31.9 Å². The lowest BCUT2D eigenvalue weighted by Gasteiger charge is -2.19. The minimum Gasteiger partial charge on any atom is -0.364 e. The van der Waals surface area contributed by atoms with Crippen LogP contribution in [0.15, 0.2) is 0 Å². The second kappa shape index (κ2) is 4.77. The Bertz CT molecular complexity index is 264. The van der Waals surface area contributed by atoms with Gasteiger partial charge in [-0.05, 0) is 12.8 Å². The normalized spacial score (nSPS) is 15.4. The van der Waals surface area contributed by atoms with Gasteiger partial charge in [-0.25, -0.2) is 0 Å². The number of nitrogens with one attached hydrogen (secondary N) is 1. The summed E-state index contributed by atoms with van der Waals surface area (Å²) >= 11 is 6.94. The van der Waals surface area contributed by atoms with E-state index in [2.05, 4.69) is 34.8 Å². The molecule has 1 aromatic heterocycles. The topological polar surface area (TPSA) is 37.8 Å². The maximum absolute atomic E-state index is 5.81. The van der Waals surface area contributed by atoms with E-state index >= 15 is 0 Å². The Morgan fingerprint density at radius 2 is 2.15 bits per heavy atom. The molecule has 1 N–H and O–H groups in total. The van der Waals surface area contributed by atoms with E-state index < -0.39 is 0 Å². The third-order valence-electron chi connectivity index (χ3n) is 2.31. The number of aromatic nitrogens is 2. The Morgan fingerprint density at radius 1 is 1.46 bits per heavy atom. The van der Waals surface area contributed by atoms with Crippen LogP contribution in [0.3, 0.4) is 0 Å². The highest BCUT2D eigenvalue weighted by Gasteiger charge is 2.13. The fourth-order valence-electron chi connectivity index (χ4n) is 0.975. The molecule has 1 aromatic rings. The molecule has 3 nitrogen and oxygen atoms in total. The van der Waals surface area contributed by atoms with E-state index in [0.29, 0.717) is 22.9 Å². The first kappa shape index (κ1) is 10.7. The fourth-order valence-corrected chi connectivity index (χ4v) is 1.63. The molecular formula is C8H14ClN3S. The number of nitrogens with zero attached hydrogens (tertiary/aromatic N) is 2. The number of halogens is 1. The molecule has 74 valence electrons. The van der Waals surface area contributed by atoms with Crippen molar-refractivity contribution >= 4 is 29.1 Å². The van der Waals surface area contributed by atoms with Crippen LogP contribution >= 0.6 is 23.3 Å². The molecule has 5 heteroatoms. The van der Waals surface area contributed by atoms with Gasteiger partial charge >= 0.3 is 0 Å². The van der Waals surface area contributed by atoms with Crippen molar-refractivity contribution in [1.82, 2.24) is 8.75 Å². The summed E-state index contributed by atoms with van der Waals surface area (Å²) in [5.74, 6) is 1.32. The van der Waals surface area contributed by atoms with E-state index in [-0.39, 0.29) is 0 Å². The monoisotopic (exact) mass is 219 g/mol. The Morgan fingerprint density at radius 3 is 2.62 bits per heavy atom. The molecule has 0 bridgehead atoms. The van der Waals surface area contributed by atoms with Gasteiger partial charge in [-0.2, -0.15) is 8.75 Å². The summed E-state index contributed by atoms with van der Waals surface area (Å²) in [6.07, 6.45) is 1.14. The first-order valence-corrected chi connectivity index (χ1v) is 5.50. The largest absolute Gasteiger partial charge is 0.364 e. The van der Waals surface area contributed by atoms with Gasteiger partial charge in [0.2, 0.25) is 0 Å². The highest BCUT2D eigenvalue weighted by Crippen LogP contribution is 2.20. The second-order valence-corrected chi connectivity index (χ2v) is 4.11. The Hall–Kier alpha value is -0.350. The van der Waals surface area contributed by atoms with Gasteiger partial charge in [0, 0.05) is 6.04 Å². The van der Waals surface area contributed by atoms with Crippen molar-refractivity contribution in [3.63, 3.8) is 0 Å². The van der Waals surface area contributed by atoms with Crippen molar-refractivity contribution < 1.29 is 0 Å². The molecule has 0 saturated heterocycles. The first-order chi connectivity index (χ1) is 6.15. The van der Waals surface area contributed by atoms with Crippen molar-refractivity contribution in [1.29, 1.82) is 0 Å². The van der Waals surface area contributed by atoms with Gasteiger partial charge in [-0.3, -0.25) is 0 Å². The van der Waals surface area contributed by atoms with Crippen LogP contribution in [0.5, 0.6) is 0 Å². The van der Waals surface area contributed by atoms with Crippen LogP contribution in [0.1, 0.15) is 27.2 Å². The average Bonchev–Trinajstić information content (AvgIpc) is 2.50. The molecule has 13 heavy (non-hydrogen) atoms. The Labute approximate surface area is 87.8 Å². The highest BCUT2D eigenvalue weighted by atomic mass is 35.5. The molecule has 0 aliphatic carbocycles. The number of rotatable bonds is 4. The summed E-state index contributed by atoms with van der Waals surface area (Å²) in [4.78, 5) is 0. The number of hydrogen-bond donors (Lipinski definition) is 1. The Balaban J connectivity index is 2.54. The zero-order chi connectivity index (χ0) is 9.84. The van der Waals surface area contributed by atoms with Gasteiger partial charge < -0.3 is 5.32 Å². The fraction of sp³-hybridized carbons (Fsp3) is 0.750. The summed E-state index contributed by atoms with van der Waals surface area (Å²) < 4.78 is 7.95. The van der Waals surface area contributed by atoms with Crippen LogP contribution < -0.4 is 5.32 Å². The van der Waals surface area contributed by atoms with Crippen molar-refractivity contribution in [3.05, 3.63) is 5.15 Å². The summed E-state index contributed by atoms with van der Waals surface area (Å²) in [5.41, 5.74) is 0. The Kier molecular flexibility index (Phi) is 3.93. The predicted molar refractivity (Wildman–Crippen MR) is 57.5 cm³/mol. The summed E-state index contributed by atoms with van der Waals surface area (Å²) in [6, 6.07) is 0.381. The summed E-state index contributed by atoms with van der Waals surface area (Å²) in [6.45, 7) is 6.50. The maximum atomic E-state index is 5.81. The van der Waals surface area contributed by atoms with Gasteiger partial charge in [0.1, 0.15) is 0 Å². The molecule has 0 aliphatic heterocycles. The molecule has 0 aromatic carbocycles. The van der Waals surface area contributed by atoms with E-state index in [9.17, 15) is 0 Å². The summed E-state index contributed by atoms with van der Waals surface area (Å²) in [5, 5.41) is 3.72. The third kappa shape index (κ3) is 2.81. The van der Waals surface area contributed by atoms with E-state index in [1.54, 1.807) is 0 Å². The standard InChI is InChI=1S/C8H14ClN3S/c1-4-5(2)6(3)10-8-7(9)11-13-12-8/h5-6H,4H2,1-3H3,(H,10,12). The van der Waals surface area contributed by atoms with Gasteiger partial charge in [-0.15, -0.1) is 0 Å². The minimum atomic E-state index is 0.381. The number of anilines is 1. The van der Waals surface area contributed by atoms with Gasteiger partial charge in [0.15, 0.2) is 11.0 Å². The van der Waals surface area contributed by atoms with Crippen LogP contribution in [0, 0.1) is 5.92 Å². The lowest BCUT2D eigenvalue weighted by Crippen LogP contribution is -2.23. The predicted octanol–water partition coefficient (Wildman–Crippen LogP) is 3.04. The van der Waals surface area contributed by atoms with Crippen molar-refractivity contribution in [2.45, 2.75) is 33.2 Å². The molecule has 0 spiro atoms. The van der Waals surface area contributed by atoms with E-state index in [1.165, 1.54) is 0 Å². The second-order valence-electron chi connectivity index (χ2n) is 3.22. The van der Waals surface area contributed by atoms with Crippen LogP contribution in [0.2, 0.25) is 5.15 Å². The zero-order valence-electron chi connectivity index (χ0n) is 8.04. The first-order valence-electron chi connectivity index (χ1n) is 4.39. The molecule has 0 saturated carbocycles. The van der Waals surface area contributed by atoms with Crippen molar-refractivity contribution in [2.75, 3.05) is 5.32 Å². The molecule has 0 amide bonds. The van der Waals surface area contributed by atoms with Crippen LogP contribution in [-0.4, -0.2) is 14.8 Å². The zero-order valence-corrected chi connectivity index (χ0v) is 9.61. The highest BCUT2D eigenvalue weighted by molar-refractivity contribution is 6.99. The lowest BCUT2D eigenvalue weighted by molar-refractivity contribution is 0.494. The SMILES string of the molecule is CCC(C)C(C)Nc1nsnc1Cl. The van der Waals surface area contributed by atoms with Crippen LogP contribution in [-0.2, 0) is 0 Å². The minimum absolute atomic E-state index is 0.381. The lowest BCUT2D eigenvalue weighted by atomic mass is 10.0.